The number of Topliss-reactive ketones (excluding diaryl/α,β-unsaturated/α-hetero) is 1. The van der Waals surface area contributed by atoms with Gasteiger partial charge < -0.3 is 5.11 Å². The predicted octanol–water partition coefficient (Wildman–Crippen LogP) is 4.33. The number of alkyl halides is 1. The SMILES string of the molecule is C[C@@]12CCC(O)CC1CCC1C2CC[C@]2(C)C(=O)C(Br)CC12. The standard InChI is InChI=1S/C19H29BrO2/c1-18-7-5-12(21)9-11(18)3-4-13-14(18)6-8-19(2)15(13)10-16(20)17(19)22/h11-16,21H,3-10H2,1-2H3/t11?,12?,13?,14?,15?,16?,18-,19+/m1/s1. The Kier molecular flexibility index (Phi) is 3.59. The van der Waals surface area contributed by atoms with Crippen molar-refractivity contribution in [3.63, 3.8) is 0 Å². The van der Waals surface area contributed by atoms with E-state index in [1.54, 1.807) is 0 Å². The van der Waals surface area contributed by atoms with Crippen LogP contribution in [0.25, 0.3) is 0 Å². The molecule has 22 heavy (non-hydrogen) atoms. The van der Waals surface area contributed by atoms with Crippen LogP contribution in [0.4, 0.5) is 0 Å². The Balaban J connectivity index is 1.64. The molecular weight excluding hydrogens is 340 g/mol. The fraction of sp³-hybridized carbons (Fsp3) is 0.947. The molecule has 0 amide bonds. The van der Waals surface area contributed by atoms with Crippen molar-refractivity contribution in [2.45, 2.75) is 76.1 Å². The Morgan fingerprint density at radius 1 is 1.05 bits per heavy atom. The number of ketones is 1. The van der Waals surface area contributed by atoms with Gasteiger partial charge in [0.05, 0.1) is 10.9 Å². The molecule has 0 aromatic rings. The third kappa shape index (κ3) is 1.97. The van der Waals surface area contributed by atoms with Gasteiger partial charge in [0, 0.05) is 5.41 Å². The highest BCUT2D eigenvalue weighted by atomic mass is 79.9. The average molecular weight is 369 g/mol. The van der Waals surface area contributed by atoms with Gasteiger partial charge >= 0.3 is 0 Å². The molecule has 2 nitrogen and oxygen atoms in total. The Labute approximate surface area is 142 Å². The maximum absolute atomic E-state index is 12.7. The number of rotatable bonds is 0. The van der Waals surface area contributed by atoms with E-state index in [1.807, 2.05) is 0 Å². The van der Waals surface area contributed by atoms with E-state index in [0.717, 1.165) is 37.5 Å². The quantitative estimate of drug-likeness (QED) is 0.646. The van der Waals surface area contributed by atoms with E-state index in [2.05, 4.69) is 29.8 Å². The van der Waals surface area contributed by atoms with Gasteiger partial charge in [-0.3, -0.25) is 4.79 Å². The molecule has 0 radical (unpaired) electrons. The van der Waals surface area contributed by atoms with Crippen LogP contribution in [-0.2, 0) is 4.79 Å². The normalized spacial score (nSPS) is 57.9. The number of halogens is 1. The summed E-state index contributed by atoms with van der Waals surface area (Å²) in [6.45, 7) is 4.75. The van der Waals surface area contributed by atoms with E-state index < -0.39 is 0 Å². The maximum atomic E-state index is 12.7. The van der Waals surface area contributed by atoms with Gasteiger partial charge in [-0.05, 0) is 80.5 Å². The van der Waals surface area contributed by atoms with E-state index in [0.29, 0.717) is 23.0 Å². The molecule has 4 saturated carbocycles. The zero-order chi connectivity index (χ0) is 15.7. The fourth-order valence-electron chi connectivity index (χ4n) is 6.98. The number of aliphatic hydroxyl groups excluding tert-OH is 1. The highest BCUT2D eigenvalue weighted by Gasteiger charge is 2.61. The van der Waals surface area contributed by atoms with Gasteiger partial charge in [0.15, 0.2) is 5.78 Å². The fourth-order valence-corrected chi connectivity index (χ4v) is 7.91. The zero-order valence-corrected chi connectivity index (χ0v) is 15.4. The minimum atomic E-state index is -0.0662. The number of hydrogen-bond donors (Lipinski definition) is 1. The molecule has 4 aliphatic carbocycles. The molecule has 6 unspecified atom stereocenters. The molecule has 0 aliphatic heterocycles. The maximum Gasteiger partial charge on any atom is 0.152 e. The first-order chi connectivity index (χ1) is 10.4. The highest BCUT2D eigenvalue weighted by Crippen LogP contribution is 2.65. The number of carbonyl (C=O) groups excluding carboxylic acids is 1. The van der Waals surface area contributed by atoms with Crippen molar-refractivity contribution >= 4 is 21.7 Å². The monoisotopic (exact) mass is 368 g/mol. The lowest BCUT2D eigenvalue weighted by molar-refractivity contribution is -0.142. The van der Waals surface area contributed by atoms with Crippen molar-refractivity contribution in [1.82, 2.24) is 0 Å². The van der Waals surface area contributed by atoms with Crippen molar-refractivity contribution in [3.05, 3.63) is 0 Å². The molecule has 1 N–H and O–H groups in total. The summed E-state index contributed by atoms with van der Waals surface area (Å²) < 4.78 is 0. The van der Waals surface area contributed by atoms with Gasteiger partial charge in [0.1, 0.15) is 0 Å². The first-order valence-corrected chi connectivity index (χ1v) is 10.1. The topological polar surface area (TPSA) is 37.3 Å². The summed E-state index contributed by atoms with van der Waals surface area (Å²) in [6.07, 6.45) is 9.04. The van der Waals surface area contributed by atoms with E-state index in [1.165, 1.54) is 25.7 Å². The van der Waals surface area contributed by atoms with Crippen LogP contribution < -0.4 is 0 Å². The molecule has 4 fully saturated rings. The smallest absolute Gasteiger partial charge is 0.152 e. The van der Waals surface area contributed by atoms with Crippen LogP contribution in [-0.4, -0.2) is 21.8 Å². The van der Waals surface area contributed by atoms with Crippen LogP contribution in [0.3, 0.4) is 0 Å². The lowest BCUT2D eigenvalue weighted by Crippen LogP contribution is -2.54. The average Bonchev–Trinajstić information content (AvgIpc) is 2.72. The van der Waals surface area contributed by atoms with Gasteiger partial charge in [-0.25, -0.2) is 0 Å². The minimum absolute atomic E-state index is 0.0628. The molecular formula is C19H29BrO2. The van der Waals surface area contributed by atoms with Gasteiger partial charge in [-0.15, -0.1) is 0 Å². The van der Waals surface area contributed by atoms with Gasteiger partial charge in [-0.1, -0.05) is 29.8 Å². The number of aliphatic hydroxyl groups is 1. The molecule has 3 heteroatoms. The van der Waals surface area contributed by atoms with Crippen LogP contribution in [0.5, 0.6) is 0 Å². The van der Waals surface area contributed by atoms with Crippen molar-refractivity contribution in [1.29, 1.82) is 0 Å². The summed E-state index contributed by atoms with van der Waals surface area (Å²) in [5, 5.41) is 10.1. The second-order valence-corrected chi connectivity index (χ2v) is 10.2. The Hall–Kier alpha value is 0.110. The van der Waals surface area contributed by atoms with Crippen LogP contribution in [0.1, 0.15) is 65.2 Å². The largest absolute Gasteiger partial charge is 0.393 e. The summed E-state index contributed by atoms with van der Waals surface area (Å²) in [5.74, 6) is 3.29. The summed E-state index contributed by atoms with van der Waals surface area (Å²) in [6, 6.07) is 0. The predicted molar refractivity (Wildman–Crippen MR) is 90.8 cm³/mol. The molecule has 4 aliphatic rings. The number of carbonyl (C=O) groups is 1. The summed E-state index contributed by atoms with van der Waals surface area (Å²) in [4.78, 5) is 12.8. The van der Waals surface area contributed by atoms with Crippen molar-refractivity contribution in [2.24, 2.45) is 34.5 Å². The third-order valence-electron chi connectivity index (χ3n) is 8.34. The summed E-state index contributed by atoms with van der Waals surface area (Å²) >= 11 is 3.65. The van der Waals surface area contributed by atoms with Crippen molar-refractivity contribution < 1.29 is 9.90 Å². The molecule has 0 spiro atoms. The molecule has 0 saturated heterocycles. The van der Waals surface area contributed by atoms with Crippen LogP contribution in [0, 0.1) is 34.5 Å². The van der Waals surface area contributed by atoms with Crippen LogP contribution >= 0.6 is 15.9 Å². The van der Waals surface area contributed by atoms with Crippen molar-refractivity contribution in [3.8, 4) is 0 Å². The van der Waals surface area contributed by atoms with E-state index in [9.17, 15) is 9.90 Å². The molecule has 124 valence electrons. The van der Waals surface area contributed by atoms with E-state index >= 15 is 0 Å². The third-order valence-corrected chi connectivity index (χ3v) is 9.13. The number of fused-ring (bicyclic) bond motifs is 5. The Morgan fingerprint density at radius 3 is 2.59 bits per heavy atom. The van der Waals surface area contributed by atoms with Crippen molar-refractivity contribution in [2.75, 3.05) is 0 Å². The Bertz CT molecular complexity index is 492. The minimum Gasteiger partial charge on any atom is -0.393 e. The first-order valence-electron chi connectivity index (χ1n) is 9.23. The first kappa shape index (κ1) is 15.6. The molecule has 0 aromatic heterocycles. The van der Waals surface area contributed by atoms with Crippen LogP contribution in [0.15, 0.2) is 0 Å². The molecule has 4 rings (SSSR count). The number of hydrogen-bond acceptors (Lipinski definition) is 2. The highest BCUT2D eigenvalue weighted by molar-refractivity contribution is 9.10. The molecule has 8 atom stereocenters. The summed E-state index contributed by atoms with van der Waals surface area (Å²) in [5.41, 5.74) is 0.351. The molecule has 0 heterocycles. The van der Waals surface area contributed by atoms with Gasteiger partial charge in [-0.2, -0.15) is 0 Å². The second-order valence-electron chi connectivity index (χ2n) is 9.11. The van der Waals surface area contributed by atoms with E-state index in [4.69, 9.17) is 0 Å². The lowest BCUT2D eigenvalue weighted by Gasteiger charge is -2.60. The zero-order valence-electron chi connectivity index (χ0n) is 13.9. The van der Waals surface area contributed by atoms with E-state index in [-0.39, 0.29) is 16.3 Å². The van der Waals surface area contributed by atoms with Crippen LogP contribution in [0.2, 0.25) is 0 Å². The van der Waals surface area contributed by atoms with Gasteiger partial charge in [0.25, 0.3) is 0 Å². The van der Waals surface area contributed by atoms with Gasteiger partial charge in [0.2, 0.25) is 0 Å². The summed E-state index contributed by atoms with van der Waals surface area (Å²) in [7, 11) is 0. The Morgan fingerprint density at radius 2 is 1.82 bits per heavy atom. The molecule has 0 aromatic carbocycles. The molecule has 0 bridgehead atoms. The lowest BCUT2D eigenvalue weighted by atomic mass is 9.45. The second kappa shape index (κ2) is 5.05.